The number of hydrogen-bond acceptors (Lipinski definition) is 5. The molecule has 0 unspecified atom stereocenters. The van der Waals surface area contributed by atoms with Gasteiger partial charge in [0.1, 0.15) is 17.2 Å². The fourth-order valence-electron chi connectivity index (χ4n) is 4.21. The molecule has 1 aliphatic rings. The minimum Gasteiger partial charge on any atom is -0.455 e. The first-order chi connectivity index (χ1) is 16.7. The predicted molar refractivity (Wildman–Crippen MR) is 135 cm³/mol. The van der Waals surface area contributed by atoms with Crippen LogP contribution in [0.25, 0.3) is 22.3 Å². The molecule has 0 bridgehead atoms. The standard InChI is InChI=1S/C26H29FN2O5S/c1-5-16(15-33-3)14-29(35(4,31)32)22-13-23-21(12-20(22)17-6-7-17)24(26(30)28-2)25(34-23)18-8-10-19(27)11-9-18/h5,8-13,17H,6-7,14-15H2,1-4H3,(H,28,30). The molecular formula is C26H29FN2O5S. The largest absolute Gasteiger partial charge is 0.455 e. The van der Waals surface area contributed by atoms with Crippen LogP contribution in [0.2, 0.25) is 0 Å². The van der Waals surface area contributed by atoms with E-state index in [4.69, 9.17) is 9.15 Å². The molecule has 1 aliphatic carbocycles. The van der Waals surface area contributed by atoms with Gasteiger partial charge in [0.25, 0.3) is 5.91 Å². The molecule has 7 nitrogen and oxygen atoms in total. The number of nitrogens with zero attached hydrogens (tertiary/aromatic N) is 1. The second kappa shape index (κ2) is 9.83. The summed E-state index contributed by atoms with van der Waals surface area (Å²) in [6, 6.07) is 9.27. The van der Waals surface area contributed by atoms with E-state index < -0.39 is 15.8 Å². The molecule has 3 aromatic rings. The Kier molecular flexibility index (Phi) is 7.00. The van der Waals surface area contributed by atoms with Crippen LogP contribution in [0.5, 0.6) is 0 Å². The minimum absolute atomic E-state index is 0.141. The molecule has 0 saturated heterocycles. The lowest BCUT2D eigenvalue weighted by molar-refractivity contribution is 0.0964. The average molecular weight is 501 g/mol. The van der Waals surface area contributed by atoms with E-state index >= 15 is 0 Å². The van der Waals surface area contributed by atoms with Crippen LogP contribution >= 0.6 is 0 Å². The van der Waals surface area contributed by atoms with Gasteiger partial charge in [-0.15, -0.1) is 0 Å². The summed E-state index contributed by atoms with van der Waals surface area (Å²) in [5, 5.41) is 3.24. The third-order valence-corrected chi connectivity index (χ3v) is 7.30. The van der Waals surface area contributed by atoms with Gasteiger partial charge in [-0.2, -0.15) is 0 Å². The van der Waals surface area contributed by atoms with Crippen molar-refractivity contribution in [3.63, 3.8) is 0 Å². The summed E-state index contributed by atoms with van der Waals surface area (Å²) in [5.41, 5.74) is 3.46. The third-order valence-electron chi connectivity index (χ3n) is 6.17. The molecule has 1 N–H and O–H groups in total. The quantitative estimate of drug-likeness (QED) is 0.425. The first-order valence-corrected chi connectivity index (χ1v) is 13.2. The summed E-state index contributed by atoms with van der Waals surface area (Å²) < 4.78 is 52.1. The van der Waals surface area contributed by atoms with Gasteiger partial charge in [0.05, 0.1) is 30.7 Å². The number of amides is 1. The molecule has 1 heterocycles. The van der Waals surface area contributed by atoms with Gasteiger partial charge in [-0.25, -0.2) is 12.8 Å². The van der Waals surface area contributed by atoms with Crippen molar-refractivity contribution >= 4 is 32.6 Å². The number of rotatable bonds is 9. The van der Waals surface area contributed by atoms with Gasteiger partial charge >= 0.3 is 0 Å². The molecule has 1 fully saturated rings. The van der Waals surface area contributed by atoms with E-state index in [0.29, 0.717) is 40.2 Å². The van der Waals surface area contributed by atoms with Crippen LogP contribution in [0.1, 0.15) is 41.6 Å². The number of methoxy groups -OCH3 is 1. The zero-order chi connectivity index (χ0) is 25.3. The van der Waals surface area contributed by atoms with Crippen LogP contribution < -0.4 is 9.62 Å². The Morgan fingerprint density at radius 1 is 1.26 bits per heavy atom. The highest BCUT2D eigenvalue weighted by atomic mass is 32.2. The number of hydrogen-bond donors (Lipinski definition) is 1. The molecule has 0 spiro atoms. The maximum absolute atomic E-state index is 13.5. The fourth-order valence-corrected chi connectivity index (χ4v) is 5.13. The van der Waals surface area contributed by atoms with Crippen molar-refractivity contribution in [3.05, 3.63) is 65.0 Å². The second-order valence-corrected chi connectivity index (χ2v) is 10.6. The summed E-state index contributed by atoms with van der Waals surface area (Å²) in [7, 11) is -0.546. The molecule has 1 aromatic heterocycles. The molecule has 1 amide bonds. The molecule has 1 saturated carbocycles. The number of ether oxygens (including phenoxy) is 1. The lowest BCUT2D eigenvalue weighted by Gasteiger charge is -2.26. The summed E-state index contributed by atoms with van der Waals surface area (Å²) in [5.74, 6) is -0.243. The van der Waals surface area contributed by atoms with Crippen LogP contribution in [0.15, 0.2) is 52.5 Å². The molecule has 0 radical (unpaired) electrons. The first kappa shape index (κ1) is 24.9. The van der Waals surface area contributed by atoms with E-state index in [0.717, 1.165) is 24.0 Å². The van der Waals surface area contributed by atoms with E-state index in [9.17, 15) is 17.6 Å². The number of carbonyl (C=O) groups excluding carboxylic acids is 1. The number of sulfonamides is 1. The summed E-state index contributed by atoms with van der Waals surface area (Å²) >= 11 is 0. The molecule has 2 aromatic carbocycles. The molecule has 0 aliphatic heterocycles. The number of halogens is 1. The zero-order valence-corrected chi connectivity index (χ0v) is 21.0. The molecule has 0 atom stereocenters. The van der Waals surface area contributed by atoms with Gasteiger partial charge in [0.2, 0.25) is 10.0 Å². The Labute approximate surface area is 204 Å². The normalized spacial score (nSPS) is 14.4. The van der Waals surface area contributed by atoms with Crippen LogP contribution in [0.3, 0.4) is 0 Å². The molecule has 4 rings (SSSR count). The van der Waals surface area contributed by atoms with E-state index in [2.05, 4.69) is 5.32 Å². The van der Waals surface area contributed by atoms with Gasteiger partial charge in [-0.05, 0) is 67.2 Å². The van der Waals surface area contributed by atoms with Crippen LogP contribution in [-0.2, 0) is 14.8 Å². The van der Waals surface area contributed by atoms with Crippen molar-refractivity contribution in [2.75, 3.05) is 37.9 Å². The highest BCUT2D eigenvalue weighted by molar-refractivity contribution is 7.92. The summed E-state index contributed by atoms with van der Waals surface area (Å²) in [6.45, 7) is 2.29. The Morgan fingerprint density at radius 3 is 2.49 bits per heavy atom. The SMILES string of the molecule is CC=C(COC)CN(c1cc2oc(-c3ccc(F)cc3)c(C(=O)NC)c2cc1C1CC1)S(C)(=O)=O. The number of fused-ring (bicyclic) bond motifs is 1. The minimum atomic E-state index is -3.65. The highest BCUT2D eigenvalue weighted by Gasteiger charge is 2.33. The van der Waals surface area contributed by atoms with Gasteiger partial charge in [0.15, 0.2) is 0 Å². The molecular weight excluding hydrogens is 471 g/mol. The smallest absolute Gasteiger partial charge is 0.255 e. The Hall–Kier alpha value is -3.17. The van der Waals surface area contributed by atoms with Crippen molar-refractivity contribution in [2.24, 2.45) is 0 Å². The van der Waals surface area contributed by atoms with Crippen LogP contribution in [-0.4, -0.2) is 47.9 Å². The maximum atomic E-state index is 13.5. The van der Waals surface area contributed by atoms with Crippen molar-refractivity contribution in [1.82, 2.24) is 5.32 Å². The zero-order valence-electron chi connectivity index (χ0n) is 20.2. The van der Waals surface area contributed by atoms with E-state index in [-0.39, 0.29) is 18.4 Å². The lowest BCUT2D eigenvalue weighted by Crippen LogP contribution is -2.33. The predicted octanol–water partition coefficient (Wildman–Crippen LogP) is 4.83. The number of benzene rings is 2. The molecule has 35 heavy (non-hydrogen) atoms. The van der Waals surface area contributed by atoms with Crippen molar-refractivity contribution in [1.29, 1.82) is 0 Å². The van der Waals surface area contributed by atoms with E-state index in [1.807, 2.05) is 19.1 Å². The maximum Gasteiger partial charge on any atom is 0.255 e. The number of allylic oxidation sites excluding steroid dienone is 1. The first-order valence-electron chi connectivity index (χ1n) is 11.4. The van der Waals surface area contributed by atoms with Gasteiger partial charge in [-0.3, -0.25) is 9.10 Å². The van der Waals surface area contributed by atoms with Crippen LogP contribution in [0, 0.1) is 5.82 Å². The van der Waals surface area contributed by atoms with Gasteiger partial charge in [0, 0.05) is 31.2 Å². The highest BCUT2D eigenvalue weighted by Crippen LogP contribution is 2.48. The Bertz CT molecular complexity index is 1390. The summed E-state index contributed by atoms with van der Waals surface area (Å²) in [4.78, 5) is 12.9. The molecule has 9 heteroatoms. The van der Waals surface area contributed by atoms with Crippen LogP contribution in [0.4, 0.5) is 10.1 Å². The topological polar surface area (TPSA) is 88.8 Å². The monoisotopic (exact) mass is 500 g/mol. The Morgan fingerprint density at radius 2 is 1.94 bits per heavy atom. The lowest BCUT2D eigenvalue weighted by atomic mass is 10.00. The third kappa shape index (κ3) is 5.11. The van der Waals surface area contributed by atoms with Crippen molar-refractivity contribution in [3.8, 4) is 11.3 Å². The number of furan rings is 1. The fraction of sp³-hybridized carbons (Fsp3) is 0.346. The van der Waals surface area contributed by atoms with Gasteiger partial charge in [-0.1, -0.05) is 6.08 Å². The number of anilines is 1. The molecule has 186 valence electrons. The summed E-state index contributed by atoms with van der Waals surface area (Å²) in [6.07, 6.45) is 4.89. The van der Waals surface area contributed by atoms with Crippen molar-refractivity contribution < 1.29 is 26.8 Å². The number of nitrogens with one attached hydrogen (secondary N) is 1. The average Bonchev–Trinajstić information content (AvgIpc) is 3.60. The van der Waals surface area contributed by atoms with E-state index in [1.165, 1.54) is 29.7 Å². The Balaban J connectivity index is 1.96. The van der Waals surface area contributed by atoms with E-state index in [1.54, 1.807) is 25.3 Å². The second-order valence-electron chi connectivity index (χ2n) is 8.72. The number of carbonyl (C=O) groups is 1. The van der Waals surface area contributed by atoms with Gasteiger partial charge < -0.3 is 14.5 Å². The van der Waals surface area contributed by atoms with Crippen molar-refractivity contribution in [2.45, 2.75) is 25.7 Å².